The number of hydrogen-bond acceptors (Lipinski definition) is 2. The molecule has 0 spiro atoms. The summed E-state index contributed by atoms with van der Waals surface area (Å²) >= 11 is 3.84. The number of fused-ring (bicyclic) bond motifs is 8. The van der Waals surface area contributed by atoms with Crippen LogP contribution in [0, 0.1) is 20.8 Å². The summed E-state index contributed by atoms with van der Waals surface area (Å²) < 4.78 is 1.00. The Morgan fingerprint density at radius 2 is 1.36 bits per heavy atom. The molecule has 0 aliphatic carbocycles. The zero-order valence-corrected chi connectivity index (χ0v) is 26.1. The summed E-state index contributed by atoms with van der Waals surface area (Å²) in [5.74, 6) is 0. The van der Waals surface area contributed by atoms with Crippen LogP contribution >= 0.6 is 15.9 Å². The summed E-state index contributed by atoms with van der Waals surface area (Å²) in [6.07, 6.45) is 5.16. The molecule has 4 nitrogen and oxygen atoms in total. The van der Waals surface area contributed by atoms with Crippen LogP contribution in [0.15, 0.2) is 77.3 Å². The van der Waals surface area contributed by atoms with Gasteiger partial charge in [0.15, 0.2) is 0 Å². The van der Waals surface area contributed by atoms with Gasteiger partial charge in [-0.1, -0.05) is 61.9 Å². The average Bonchev–Trinajstić information content (AvgIpc) is 3.71. The van der Waals surface area contributed by atoms with Gasteiger partial charge in [0.05, 0.1) is 22.6 Å². The molecule has 0 unspecified atom stereocenters. The molecule has 7 rings (SSSR count). The number of aromatic amines is 2. The van der Waals surface area contributed by atoms with Crippen LogP contribution in [0.3, 0.4) is 0 Å². The number of rotatable bonds is 2. The van der Waals surface area contributed by atoms with E-state index in [1.54, 1.807) is 0 Å². The van der Waals surface area contributed by atoms with Gasteiger partial charge in [-0.2, -0.15) is 0 Å². The maximum atomic E-state index is 5.37. The molecule has 5 heterocycles. The molecule has 5 heteroatoms. The first-order valence-corrected chi connectivity index (χ1v) is 15.2. The Morgan fingerprint density at radius 1 is 0.690 bits per heavy atom. The van der Waals surface area contributed by atoms with Gasteiger partial charge in [-0.3, -0.25) is 4.98 Å². The van der Waals surface area contributed by atoms with Crippen molar-refractivity contribution in [2.75, 3.05) is 0 Å². The van der Waals surface area contributed by atoms with Gasteiger partial charge in [0.1, 0.15) is 0 Å². The van der Waals surface area contributed by atoms with Crippen LogP contribution in [0.25, 0.3) is 56.5 Å². The molecular formula is C37H33BrN4. The van der Waals surface area contributed by atoms with Crippen molar-refractivity contribution in [3.63, 3.8) is 0 Å². The van der Waals surface area contributed by atoms with Gasteiger partial charge in [-0.05, 0) is 101 Å². The molecule has 0 saturated carbocycles. The van der Waals surface area contributed by atoms with Crippen LogP contribution in [0.1, 0.15) is 53.3 Å². The summed E-state index contributed by atoms with van der Waals surface area (Å²) in [5.41, 5.74) is 16.2. The second-order valence-electron chi connectivity index (χ2n) is 12.2. The van der Waals surface area contributed by atoms with E-state index >= 15 is 0 Å². The van der Waals surface area contributed by atoms with E-state index in [4.69, 9.17) is 9.97 Å². The quantitative estimate of drug-likeness (QED) is 0.204. The van der Waals surface area contributed by atoms with E-state index in [1.807, 2.05) is 0 Å². The third-order valence-electron chi connectivity index (χ3n) is 8.38. The van der Waals surface area contributed by atoms with Crippen molar-refractivity contribution in [3.8, 4) is 22.3 Å². The third-order valence-corrected chi connectivity index (χ3v) is 9.03. The molecule has 2 N–H and O–H groups in total. The second kappa shape index (κ2) is 9.95. The van der Waals surface area contributed by atoms with Gasteiger partial charge in [0, 0.05) is 49.7 Å². The largest absolute Gasteiger partial charge is 0.355 e. The molecule has 5 aromatic rings. The van der Waals surface area contributed by atoms with E-state index < -0.39 is 0 Å². The summed E-state index contributed by atoms with van der Waals surface area (Å²) in [7, 11) is 0. The van der Waals surface area contributed by atoms with E-state index in [2.05, 4.69) is 145 Å². The van der Waals surface area contributed by atoms with Gasteiger partial charge >= 0.3 is 0 Å². The average molecular weight is 614 g/mol. The Balaban J connectivity index is 1.68. The van der Waals surface area contributed by atoms with Gasteiger partial charge in [-0.15, -0.1) is 0 Å². The van der Waals surface area contributed by atoms with E-state index in [0.29, 0.717) is 0 Å². The van der Waals surface area contributed by atoms with Gasteiger partial charge in [-0.25, -0.2) is 4.98 Å². The van der Waals surface area contributed by atoms with E-state index in [-0.39, 0.29) is 5.41 Å². The van der Waals surface area contributed by atoms with Crippen LogP contribution in [0.2, 0.25) is 0 Å². The number of hydrogen-bond donors (Lipinski definition) is 2. The SMILES string of the molecule is Cc1cc(C)c(-c2c3nc(c(-c4ccccc4)c4nc(cc5ccc(cc6[nH]c2cc6Br)[nH]5)C(C)(C)C4)C=C3)c(C)c1. The minimum absolute atomic E-state index is 0.113. The van der Waals surface area contributed by atoms with Crippen molar-refractivity contribution in [1.82, 2.24) is 19.9 Å². The number of benzene rings is 2. The Labute approximate surface area is 254 Å². The molecular weight excluding hydrogens is 580 g/mol. The first kappa shape index (κ1) is 26.7. The Bertz CT molecular complexity index is 2050. The van der Waals surface area contributed by atoms with Gasteiger partial charge < -0.3 is 9.97 Å². The molecule has 42 heavy (non-hydrogen) atoms. The number of aryl methyl sites for hydroxylation is 3. The summed E-state index contributed by atoms with van der Waals surface area (Å²) in [6, 6.07) is 25.8. The molecule has 8 bridgehead atoms. The highest BCUT2D eigenvalue weighted by Crippen LogP contribution is 2.40. The van der Waals surface area contributed by atoms with Gasteiger partial charge in [0.2, 0.25) is 0 Å². The predicted molar refractivity (Wildman–Crippen MR) is 179 cm³/mol. The predicted octanol–water partition coefficient (Wildman–Crippen LogP) is 10.0. The molecule has 0 radical (unpaired) electrons. The highest BCUT2D eigenvalue weighted by Gasteiger charge is 2.31. The van der Waals surface area contributed by atoms with Crippen LogP contribution in [-0.4, -0.2) is 19.9 Å². The maximum Gasteiger partial charge on any atom is 0.0737 e. The zero-order valence-electron chi connectivity index (χ0n) is 24.6. The number of halogens is 1. The third kappa shape index (κ3) is 4.62. The lowest BCUT2D eigenvalue weighted by atomic mass is 9.85. The molecule has 208 valence electrons. The Morgan fingerprint density at radius 3 is 2.07 bits per heavy atom. The van der Waals surface area contributed by atoms with Crippen molar-refractivity contribution in [1.29, 1.82) is 0 Å². The Kier molecular flexibility index (Phi) is 6.32. The zero-order chi connectivity index (χ0) is 29.2. The first-order chi connectivity index (χ1) is 20.2. The van der Waals surface area contributed by atoms with E-state index in [1.165, 1.54) is 22.3 Å². The molecule has 0 atom stereocenters. The summed E-state index contributed by atoms with van der Waals surface area (Å²) in [5, 5.41) is 0. The fourth-order valence-corrected chi connectivity index (χ4v) is 6.93. The topological polar surface area (TPSA) is 57.4 Å². The van der Waals surface area contributed by atoms with E-state index in [9.17, 15) is 0 Å². The summed E-state index contributed by atoms with van der Waals surface area (Å²) in [6.45, 7) is 11.1. The van der Waals surface area contributed by atoms with Crippen LogP contribution in [-0.2, 0) is 11.8 Å². The Hall–Kier alpha value is -4.22. The van der Waals surface area contributed by atoms with Crippen molar-refractivity contribution in [2.24, 2.45) is 0 Å². The monoisotopic (exact) mass is 612 g/mol. The minimum Gasteiger partial charge on any atom is -0.355 e. The summed E-state index contributed by atoms with van der Waals surface area (Å²) in [4.78, 5) is 18.0. The molecule has 3 aromatic heterocycles. The lowest BCUT2D eigenvalue weighted by molar-refractivity contribution is 0.544. The molecule has 0 saturated heterocycles. The number of nitrogens with one attached hydrogen (secondary N) is 2. The molecule has 2 aliphatic rings. The standard InChI is InChI=1S/C37H33BrN4/c1-21-15-22(2)34(23(3)16-21)36-29-14-13-28(40-29)35(24-9-7-6-8-10-24)32-20-37(4,5)33(42-32)18-26-12-11-25(39-26)17-30-27(38)19-31(36)41-30/h6-19,39,41H,20H2,1-5H3. The lowest BCUT2D eigenvalue weighted by Crippen LogP contribution is -2.15. The number of H-pyrrole nitrogens is 2. The second-order valence-corrected chi connectivity index (χ2v) is 13.1. The lowest BCUT2D eigenvalue weighted by Gasteiger charge is -2.16. The van der Waals surface area contributed by atoms with Crippen molar-refractivity contribution < 1.29 is 0 Å². The highest BCUT2D eigenvalue weighted by atomic mass is 79.9. The molecule has 2 aromatic carbocycles. The number of nitrogens with zero attached hydrogens (tertiary/aromatic N) is 2. The van der Waals surface area contributed by atoms with Crippen molar-refractivity contribution >= 4 is 50.1 Å². The van der Waals surface area contributed by atoms with E-state index in [0.717, 1.165) is 72.4 Å². The van der Waals surface area contributed by atoms with Crippen LogP contribution < -0.4 is 0 Å². The molecule has 0 fully saturated rings. The van der Waals surface area contributed by atoms with Crippen molar-refractivity contribution in [2.45, 2.75) is 46.5 Å². The molecule has 0 amide bonds. The number of aromatic nitrogens is 4. The first-order valence-electron chi connectivity index (χ1n) is 14.4. The fraction of sp³-hybridized carbons (Fsp3) is 0.189. The van der Waals surface area contributed by atoms with Crippen LogP contribution in [0.5, 0.6) is 0 Å². The minimum atomic E-state index is -0.113. The normalized spacial score (nSPS) is 14.0. The van der Waals surface area contributed by atoms with Crippen LogP contribution in [0.4, 0.5) is 0 Å². The molecule has 2 aliphatic heterocycles. The maximum absolute atomic E-state index is 5.37. The van der Waals surface area contributed by atoms with Crippen molar-refractivity contribution in [3.05, 3.63) is 117 Å². The van der Waals surface area contributed by atoms with Gasteiger partial charge in [0.25, 0.3) is 0 Å². The highest BCUT2D eigenvalue weighted by molar-refractivity contribution is 9.10. The fourth-order valence-electron chi connectivity index (χ4n) is 6.49. The smallest absolute Gasteiger partial charge is 0.0737 e.